The molecule has 0 radical (unpaired) electrons. The van der Waals surface area contributed by atoms with Crippen LogP contribution in [-0.2, 0) is 5.41 Å². The SMILES string of the molecule is C=C(C)C(CC)c1ccccc1.CC.CCC.Cc1c(C)n(-c2ccc(C(C)(C)C)cc2)c2ccc3ccccc3c12. The molecule has 0 amide bonds. The topological polar surface area (TPSA) is 4.93 Å². The number of hydrogen-bond donors (Lipinski definition) is 0. The van der Waals surface area contributed by atoms with Crippen molar-refractivity contribution in [2.24, 2.45) is 0 Å². The number of rotatable bonds is 4. The molecule has 1 heteroatoms. The van der Waals surface area contributed by atoms with Crippen molar-refractivity contribution in [3.8, 4) is 5.69 Å². The molecule has 0 N–H and O–H groups in total. The van der Waals surface area contributed by atoms with Crippen LogP contribution in [0.2, 0.25) is 0 Å². The van der Waals surface area contributed by atoms with E-state index in [0.717, 1.165) is 6.42 Å². The van der Waals surface area contributed by atoms with Crippen LogP contribution in [0.1, 0.15) is 103 Å². The summed E-state index contributed by atoms with van der Waals surface area (Å²) in [6.07, 6.45) is 2.39. The fourth-order valence-corrected chi connectivity index (χ4v) is 5.37. The van der Waals surface area contributed by atoms with Gasteiger partial charge in [0.25, 0.3) is 0 Å². The quantitative estimate of drug-likeness (QED) is 0.192. The Morgan fingerprint density at radius 1 is 0.762 bits per heavy atom. The fraction of sp³-hybridized carbons (Fsp3) is 0.366. The third-order valence-electron chi connectivity index (χ3n) is 7.60. The molecular weight excluding hydrogens is 506 g/mol. The van der Waals surface area contributed by atoms with Crippen LogP contribution in [0, 0.1) is 13.8 Å². The normalized spacial score (nSPS) is 11.4. The van der Waals surface area contributed by atoms with Gasteiger partial charge in [-0.1, -0.05) is 147 Å². The van der Waals surface area contributed by atoms with E-state index in [4.69, 9.17) is 0 Å². The Morgan fingerprint density at radius 3 is 1.83 bits per heavy atom. The van der Waals surface area contributed by atoms with Crippen LogP contribution in [0.25, 0.3) is 27.4 Å². The Morgan fingerprint density at radius 2 is 1.31 bits per heavy atom. The van der Waals surface area contributed by atoms with E-state index in [0.29, 0.717) is 5.92 Å². The first-order valence-electron chi connectivity index (χ1n) is 15.9. The molecule has 1 atom stereocenters. The number of hydrogen-bond acceptors (Lipinski definition) is 0. The van der Waals surface area contributed by atoms with Gasteiger partial charge < -0.3 is 4.57 Å². The Bertz CT molecular complexity index is 1530. The van der Waals surface area contributed by atoms with Crippen LogP contribution in [0.15, 0.2) is 103 Å². The van der Waals surface area contributed by atoms with Gasteiger partial charge in [-0.25, -0.2) is 0 Å². The van der Waals surface area contributed by atoms with Crippen LogP contribution in [0.5, 0.6) is 0 Å². The molecule has 0 aliphatic rings. The summed E-state index contributed by atoms with van der Waals surface area (Å²) in [5.74, 6) is 0.534. The first-order chi connectivity index (χ1) is 20.0. The molecule has 0 bridgehead atoms. The Labute approximate surface area is 257 Å². The van der Waals surface area contributed by atoms with Crippen molar-refractivity contribution in [1.29, 1.82) is 0 Å². The monoisotopic (exact) mass is 561 g/mol. The maximum absolute atomic E-state index is 4.00. The summed E-state index contributed by atoms with van der Waals surface area (Å²) in [6.45, 7) is 27.8. The molecular formula is C41H55N. The molecule has 0 spiro atoms. The van der Waals surface area contributed by atoms with Crippen molar-refractivity contribution in [1.82, 2.24) is 4.57 Å². The number of fused-ring (bicyclic) bond motifs is 3. The number of aromatic nitrogens is 1. The van der Waals surface area contributed by atoms with Crippen molar-refractivity contribution >= 4 is 21.7 Å². The minimum Gasteiger partial charge on any atom is -0.314 e. The van der Waals surface area contributed by atoms with Gasteiger partial charge in [0.2, 0.25) is 0 Å². The zero-order chi connectivity index (χ0) is 31.4. The molecule has 1 unspecified atom stereocenters. The van der Waals surface area contributed by atoms with E-state index >= 15 is 0 Å². The largest absolute Gasteiger partial charge is 0.314 e. The summed E-state index contributed by atoms with van der Waals surface area (Å²) in [4.78, 5) is 0. The third-order valence-corrected chi connectivity index (χ3v) is 7.60. The Hall–Kier alpha value is -3.58. The predicted molar refractivity (Wildman–Crippen MR) is 191 cm³/mol. The minimum absolute atomic E-state index is 0.179. The lowest BCUT2D eigenvalue weighted by atomic mass is 9.87. The summed E-state index contributed by atoms with van der Waals surface area (Å²) < 4.78 is 2.39. The van der Waals surface area contributed by atoms with Gasteiger partial charge >= 0.3 is 0 Å². The highest BCUT2D eigenvalue weighted by atomic mass is 15.0. The van der Waals surface area contributed by atoms with Gasteiger partial charge in [0.1, 0.15) is 0 Å². The lowest BCUT2D eigenvalue weighted by molar-refractivity contribution is 0.590. The van der Waals surface area contributed by atoms with Crippen LogP contribution >= 0.6 is 0 Å². The molecule has 1 aromatic heterocycles. The molecule has 0 saturated carbocycles. The molecule has 0 saturated heterocycles. The van der Waals surface area contributed by atoms with Crippen molar-refractivity contribution < 1.29 is 0 Å². The number of allylic oxidation sites excluding steroid dienone is 1. The molecule has 5 aromatic rings. The lowest BCUT2D eigenvalue weighted by Gasteiger charge is -2.19. The molecule has 224 valence electrons. The lowest BCUT2D eigenvalue weighted by Crippen LogP contribution is -2.11. The van der Waals surface area contributed by atoms with Gasteiger partial charge in [-0.15, -0.1) is 0 Å². The van der Waals surface area contributed by atoms with Gasteiger partial charge in [0.15, 0.2) is 0 Å². The van der Waals surface area contributed by atoms with Gasteiger partial charge in [-0.2, -0.15) is 0 Å². The van der Waals surface area contributed by atoms with Gasteiger partial charge in [0.05, 0.1) is 5.52 Å². The molecule has 0 aliphatic heterocycles. The highest BCUT2D eigenvalue weighted by Crippen LogP contribution is 2.34. The van der Waals surface area contributed by atoms with Crippen molar-refractivity contribution in [3.63, 3.8) is 0 Å². The van der Waals surface area contributed by atoms with E-state index in [9.17, 15) is 0 Å². The Kier molecular flexibility index (Phi) is 13.3. The average Bonchev–Trinajstić information content (AvgIpc) is 3.25. The third kappa shape index (κ3) is 8.25. The van der Waals surface area contributed by atoms with Gasteiger partial charge in [-0.3, -0.25) is 0 Å². The van der Waals surface area contributed by atoms with Crippen molar-refractivity contribution in [2.45, 2.75) is 100 Å². The van der Waals surface area contributed by atoms with Crippen LogP contribution in [0.3, 0.4) is 0 Å². The second-order valence-electron chi connectivity index (χ2n) is 11.9. The van der Waals surface area contributed by atoms with Gasteiger partial charge in [-0.05, 0) is 78.3 Å². The first-order valence-corrected chi connectivity index (χ1v) is 15.9. The maximum Gasteiger partial charge on any atom is 0.0540 e. The van der Waals surface area contributed by atoms with Crippen LogP contribution < -0.4 is 0 Å². The number of aryl methyl sites for hydroxylation is 1. The molecule has 0 fully saturated rings. The van der Waals surface area contributed by atoms with E-state index in [2.05, 4.69) is 164 Å². The Balaban J connectivity index is 0.000000304. The molecule has 0 aliphatic carbocycles. The van der Waals surface area contributed by atoms with Gasteiger partial charge in [0, 0.05) is 22.7 Å². The summed E-state index contributed by atoms with van der Waals surface area (Å²) in [5.41, 5.74) is 9.39. The fourth-order valence-electron chi connectivity index (χ4n) is 5.37. The summed E-state index contributed by atoms with van der Waals surface area (Å²) in [6, 6.07) is 32.7. The number of benzene rings is 4. The summed E-state index contributed by atoms with van der Waals surface area (Å²) >= 11 is 0. The second-order valence-corrected chi connectivity index (χ2v) is 11.9. The molecule has 4 aromatic carbocycles. The van der Waals surface area contributed by atoms with E-state index in [1.165, 1.54) is 61.7 Å². The first kappa shape index (κ1) is 34.6. The van der Waals surface area contributed by atoms with Crippen LogP contribution in [0.4, 0.5) is 0 Å². The second kappa shape index (κ2) is 16.2. The average molecular weight is 562 g/mol. The van der Waals surface area contributed by atoms with Crippen molar-refractivity contribution in [3.05, 3.63) is 126 Å². The smallest absolute Gasteiger partial charge is 0.0540 e. The minimum atomic E-state index is 0.179. The van der Waals surface area contributed by atoms with Crippen molar-refractivity contribution in [2.75, 3.05) is 0 Å². The van der Waals surface area contributed by atoms with E-state index in [-0.39, 0.29) is 5.41 Å². The van der Waals surface area contributed by atoms with E-state index in [1.807, 2.05) is 13.8 Å². The molecule has 5 rings (SSSR count). The highest BCUT2D eigenvalue weighted by Gasteiger charge is 2.17. The summed E-state index contributed by atoms with van der Waals surface area (Å²) in [5, 5.41) is 4.01. The van der Waals surface area contributed by atoms with E-state index < -0.39 is 0 Å². The molecule has 42 heavy (non-hydrogen) atoms. The van der Waals surface area contributed by atoms with E-state index in [1.54, 1.807) is 0 Å². The predicted octanol–water partition coefficient (Wildman–Crippen LogP) is 12.9. The molecule has 1 heterocycles. The highest BCUT2D eigenvalue weighted by molar-refractivity contribution is 6.09. The molecule has 1 nitrogen and oxygen atoms in total. The summed E-state index contributed by atoms with van der Waals surface area (Å²) in [7, 11) is 0. The zero-order valence-corrected chi connectivity index (χ0v) is 28.3. The maximum atomic E-state index is 4.00. The zero-order valence-electron chi connectivity index (χ0n) is 28.3. The standard InChI is InChI=1S/C24H25N.C12H16.C3H8.C2H6/c1-16-17(2)25(20-13-11-19(12-14-20)24(3,4)5)22-15-10-18-8-6-7-9-21(18)23(16)22;1-4-12(10(2)3)11-8-6-5-7-9-11;1-3-2;1-2/h6-15H,1-5H3;5-9,12H,2,4H2,1,3H3;3H2,1-2H3;1-2H3. The number of nitrogens with zero attached hydrogens (tertiary/aromatic N) is 1. The van der Waals surface area contributed by atoms with Crippen LogP contribution in [-0.4, -0.2) is 4.57 Å².